The fraction of sp³-hybridized carbons (Fsp3) is 0.250. The monoisotopic (exact) mass is 164 g/mol. The molecule has 0 atom stereocenters. The Morgan fingerprint density at radius 1 is 1.86 bits per heavy atom. The van der Waals surface area contributed by atoms with Gasteiger partial charge in [0.25, 0.3) is 0 Å². The van der Waals surface area contributed by atoms with Crippen molar-refractivity contribution in [2.45, 2.75) is 6.92 Å². The molecule has 0 aromatic heterocycles. The number of allylic oxidation sites excluding steroid dienone is 1. The number of halogens is 1. The molecule has 0 saturated heterocycles. The molecule has 3 heteroatoms. The van der Waals surface area contributed by atoms with Gasteiger partial charge in [-0.05, 0) is 6.92 Å². The van der Waals surface area contributed by atoms with Crippen molar-refractivity contribution < 1.29 is 17.1 Å². The Bertz CT molecular complexity index is 103. The molecule has 7 heavy (non-hydrogen) atoms. The van der Waals surface area contributed by atoms with Gasteiger partial charge in [-0.1, -0.05) is 11.6 Å². The molecule has 0 aliphatic rings. The van der Waals surface area contributed by atoms with E-state index in [0.717, 1.165) is 0 Å². The van der Waals surface area contributed by atoms with Gasteiger partial charge in [0.1, 0.15) is 0 Å². The molecule has 1 nitrogen and oxygen atoms in total. The number of nitrogens with zero attached hydrogens (tertiary/aromatic N) is 1. The van der Waals surface area contributed by atoms with Crippen molar-refractivity contribution in [3.05, 3.63) is 11.1 Å². The Kier molecular flexibility index (Phi) is 8.72. The molecule has 0 amide bonds. The minimum atomic E-state index is 0. The van der Waals surface area contributed by atoms with Gasteiger partial charge in [0.05, 0.1) is 6.07 Å². The van der Waals surface area contributed by atoms with Gasteiger partial charge < -0.3 is 0 Å². The van der Waals surface area contributed by atoms with Crippen molar-refractivity contribution in [3.8, 4) is 6.07 Å². The number of hydrogen-bond donors (Lipinski definition) is 0. The van der Waals surface area contributed by atoms with Crippen molar-refractivity contribution in [2.75, 3.05) is 0 Å². The van der Waals surface area contributed by atoms with Gasteiger partial charge in [-0.3, -0.25) is 0 Å². The van der Waals surface area contributed by atoms with E-state index < -0.39 is 0 Å². The fourth-order valence-electron chi connectivity index (χ4n) is 0.0244. The fourth-order valence-corrected chi connectivity index (χ4v) is 0.0732. The molecule has 0 spiro atoms. The Hall–Kier alpha value is 0.0395. The Labute approximate surface area is 58.4 Å². The summed E-state index contributed by atoms with van der Waals surface area (Å²) in [5.41, 5.74) is 1.79. The van der Waals surface area contributed by atoms with Gasteiger partial charge in [-0.25, -0.2) is 0 Å². The first-order valence-electron chi connectivity index (χ1n) is 1.48. The third-order valence-electron chi connectivity index (χ3n) is 0.340. The van der Waals surface area contributed by atoms with Crippen molar-refractivity contribution in [2.24, 2.45) is 0 Å². The van der Waals surface area contributed by atoms with Crippen LogP contribution < -0.4 is 0 Å². The third-order valence-corrected chi connectivity index (χ3v) is 0.667. The van der Waals surface area contributed by atoms with E-state index in [1.54, 1.807) is 6.92 Å². The maximum atomic E-state index is 7.93. The van der Waals surface area contributed by atoms with Crippen LogP contribution >= 0.6 is 11.6 Å². The first-order chi connectivity index (χ1) is 2.81. The van der Waals surface area contributed by atoms with Gasteiger partial charge in [-0.2, -0.15) is 5.26 Å². The third kappa shape index (κ3) is 6.04. The molecule has 0 rings (SSSR count). The van der Waals surface area contributed by atoms with Crippen LogP contribution in [0.2, 0.25) is 0 Å². The normalized spacial score (nSPS) is 9.00. The first-order valence-corrected chi connectivity index (χ1v) is 1.92. The predicted octanol–water partition coefficient (Wildman–Crippen LogP) is 1.65. The van der Waals surface area contributed by atoms with E-state index in [0.29, 0.717) is 5.57 Å². The summed E-state index contributed by atoms with van der Waals surface area (Å²) in [5.74, 6) is 0. The van der Waals surface area contributed by atoms with E-state index in [1.165, 1.54) is 5.54 Å². The zero-order chi connectivity index (χ0) is 4.99. The molecule has 0 aromatic rings. The van der Waals surface area contributed by atoms with Crippen LogP contribution in [0.25, 0.3) is 0 Å². The second kappa shape index (κ2) is 6.04. The molecule has 0 aliphatic carbocycles. The topological polar surface area (TPSA) is 23.8 Å². The Balaban J connectivity index is 0. The summed E-state index contributed by atoms with van der Waals surface area (Å²) in [5, 5.41) is 7.93. The summed E-state index contributed by atoms with van der Waals surface area (Å²) in [4.78, 5) is 0. The van der Waals surface area contributed by atoms with E-state index in [2.05, 4.69) is 0 Å². The average Bonchev–Trinajstić information content (AvgIpc) is 1.65. The molecule has 0 unspecified atom stereocenters. The van der Waals surface area contributed by atoms with E-state index in [9.17, 15) is 0 Å². The maximum absolute atomic E-state index is 7.93. The predicted molar refractivity (Wildman–Crippen MR) is 25.2 cm³/mol. The number of hydrogen-bond acceptors (Lipinski definition) is 1. The molecule has 0 saturated carbocycles. The van der Waals surface area contributed by atoms with Crippen LogP contribution in [0.4, 0.5) is 0 Å². The first kappa shape index (κ1) is 10.1. The zero-order valence-corrected chi connectivity index (χ0v) is 5.40. The standard InChI is InChI=1S/C4H4ClN.Cu/c1-4(2-5)3-6;/h2H,1H3;. The summed E-state index contributed by atoms with van der Waals surface area (Å²) in [6.45, 7) is 1.65. The van der Waals surface area contributed by atoms with E-state index in [4.69, 9.17) is 16.9 Å². The average molecular weight is 165 g/mol. The molecule has 1 radical (unpaired) electrons. The van der Waals surface area contributed by atoms with Gasteiger partial charge in [0.2, 0.25) is 0 Å². The summed E-state index contributed by atoms with van der Waals surface area (Å²) in [6, 6.07) is 1.84. The van der Waals surface area contributed by atoms with Crippen LogP contribution in [-0.2, 0) is 17.1 Å². The Morgan fingerprint density at radius 3 is 2.29 bits per heavy atom. The number of nitriles is 1. The molecule has 0 heterocycles. The SMILES string of the molecule is CC(C#N)=CCl.[Cu]. The largest absolute Gasteiger partial charge is 0.193 e. The smallest absolute Gasteiger partial charge is 0.0953 e. The van der Waals surface area contributed by atoms with Crippen LogP contribution in [0.15, 0.2) is 11.1 Å². The van der Waals surface area contributed by atoms with Crippen molar-refractivity contribution in [3.63, 3.8) is 0 Å². The summed E-state index contributed by atoms with van der Waals surface area (Å²) >= 11 is 5.07. The van der Waals surface area contributed by atoms with Crippen LogP contribution in [0.3, 0.4) is 0 Å². The van der Waals surface area contributed by atoms with Crippen LogP contribution in [0.1, 0.15) is 6.92 Å². The molecule has 0 aromatic carbocycles. The molecule has 0 fully saturated rings. The van der Waals surface area contributed by atoms with Gasteiger partial charge in [0, 0.05) is 28.2 Å². The van der Waals surface area contributed by atoms with Crippen molar-refractivity contribution in [1.82, 2.24) is 0 Å². The number of rotatable bonds is 0. The molecule has 43 valence electrons. The van der Waals surface area contributed by atoms with Gasteiger partial charge in [0.15, 0.2) is 0 Å². The van der Waals surface area contributed by atoms with Gasteiger partial charge >= 0.3 is 0 Å². The maximum Gasteiger partial charge on any atom is 0.0953 e. The minimum Gasteiger partial charge on any atom is -0.193 e. The summed E-state index contributed by atoms with van der Waals surface area (Å²) in [6.07, 6.45) is 0. The second-order valence-electron chi connectivity index (χ2n) is 0.904. The molecule has 0 N–H and O–H groups in total. The second-order valence-corrected chi connectivity index (χ2v) is 1.12. The quantitative estimate of drug-likeness (QED) is 0.395. The Morgan fingerprint density at radius 2 is 2.29 bits per heavy atom. The van der Waals surface area contributed by atoms with Gasteiger partial charge in [-0.15, -0.1) is 0 Å². The van der Waals surface area contributed by atoms with E-state index in [1.807, 2.05) is 6.07 Å². The van der Waals surface area contributed by atoms with Crippen molar-refractivity contribution >= 4 is 11.6 Å². The summed E-state index contributed by atoms with van der Waals surface area (Å²) < 4.78 is 0. The van der Waals surface area contributed by atoms with E-state index >= 15 is 0 Å². The molecular formula is C4H4ClCuN. The molecular weight excluding hydrogens is 161 g/mol. The van der Waals surface area contributed by atoms with E-state index in [-0.39, 0.29) is 17.1 Å². The van der Waals surface area contributed by atoms with Crippen LogP contribution in [0, 0.1) is 11.3 Å². The molecule has 0 aliphatic heterocycles. The minimum absolute atomic E-state index is 0. The van der Waals surface area contributed by atoms with Crippen LogP contribution in [0.5, 0.6) is 0 Å². The zero-order valence-electron chi connectivity index (χ0n) is 3.70. The van der Waals surface area contributed by atoms with Crippen molar-refractivity contribution in [1.29, 1.82) is 5.26 Å². The van der Waals surface area contributed by atoms with Crippen LogP contribution in [-0.4, -0.2) is 0 Å². The summed E-state index contributed by atoms with van der Waals surface area (Å²) in [7, 11) is 0. The molecule has 0 bridgehead atoms.